The van der Waals surface area contributed by atoms with E-state index in [4.69, 9.17) is 18.9 Å². The van der Waals surface area contributed by atoms with Crippen LogP contribution in [0.4, 0.5) is 0 Å². The summed E-state index contributed by atoms with van der Waals surface area (Å²) in [4.78, 5) is 0. The number of methoxy groups -OCH3 is 2. The number of hydrogen-bond acceptors (Lipinski definition) is 4. The number of rotatable bonds is 6. The van der Waals surface area contributed by atoms with E-state index in [-0.39, 0.29) is 6.79 Å². The Bertz CT molecular complexity index is 299. The van der Waals surface area contributed by atoms with Gasteiger partial charge in [-0.1, -0.05) is 0 Å². The van der Waals surface area contributed by atoms with Crippen LogP contribution in [-0.4, -0.2) is 27.6 Å². The number of ether oxygens (including phenoxy) is 4. The van der Waals surface area contributed by atoms with Crippen LogP contribution < -0.4 is 14.2 Å². The summed E-state index contributed by atoms with van der Waals surface area (Å²) in [5.41, 5.74) is 0. The molecule has 84 valence electrons. The van der Waals surface area contributed by atoms with Gasteiger partial charge in [-0.3, -0.25) is 0 Å². The van der Waals surface area contributed by atoms with Crippen molar-refractivity contribution >= 4 is 0 Å². The van der Waals surface area contributed by atoms with Crippen LogP contribution in [0.2, 0.25) is 0 Å². The second-order valence-electron chi connectivity index (χ2n) is 2.80. The fourth-order valence-electron chi connectivity index (χ4n) is 1.13. The van der Waals surface area contributed by atoms with E-state index in [0.717, 1.165) is 5.75 Å². The van der Waals surface area contributed by atoms with E-state index in [0.29, 0.717) is 18.1 Å². The topological polar surface area (TPSA) is 36.9 Å². The fourth-order valence-corrected chi connectivity index (χ4v) is 1.13. The first-order valence-electron chi connectivity index (χ1n) is 4.74. The molecule has 4 heteroatoms. The SMILES string of the molecule is CCOc1cc(OC)ccc1OCOC. The quantitative estimate of drug-likeness (QED) is 0.676. The van der Waals surface area contributed by atoms with Gasteiger partial charge in [0.25, 0.3) is 0 Å². The average molecular weight is 212 g/mol. The first-order valence-corrected chi connectivity index (χ1v) is 4.74. The van der Waals surface area contributed by atoms with Gasteiger partial charge < -0.3 is 18.9 Å². The van der Waals surface area contributed by atoms with Crippen LogP contribution in [0.3, 0.4) is 0 Å². The maximum atomic E-state index is 5.42. The maximum absolute atomic E-state index is 5.42. The van der Waals surface area contributed by atoms with E-state index in [1.165, 1.54) is 0 Å². The van der Waals surface area contributed by atoms with E-state index in [1.807, 2.05) is 13.0 Å². The van der Waals surface area contributed by atoms with Gasteiger partial charge in [0.1, 0.15) is 5.75 Å². The fraction of sp³-hybridized carbons (Fsp3) is 0.455. The van der Waals surface area contributed by atoms with Crippen LogP contribution in [0.1, 0.15) is 6.92 Å². The molecule has 4 nitrogen and oxygen atoms in total. The van der Waals surface area contributed by atoms with Crippen molar-refractivity contribution < 1.29 is 18.9 Å². The molecule has 0 amide bonds. The van der Waals surface area contributed by atoms with E-state index >= 15 is 0 Å². The van der Waals surface area contributed by atoms with Crippen molar-refractivity contribution in [2.75, 3.05) is 27.6 Å². The lowest BCUT2D eigenvalue weighted by molar-refractivity contribution is 0.0486. The van der Waals surface area contributed by atoms with Crippen molar-refractivity contribution in [2.24, 2.45) is 0 Å². The Morgan fingerprint density at radius 1 is 1.07 bits per heavy atom. The molecule has 0 aliphatic carbocycles. The average Bonchev–Trinajstić information content (AvgIpc) is 2.27. The maximum Gasteiger partial charge on any atom is 0.188 e. The van der Waals surface area contributed by atoms with Gasteiger partial charge in [0.05, 0.1) is 13.7 Å². The molecule has 0 heterocycles. The molecular weight excluding hydrogens is 196 g/mol. The van der Waals surface area contributed by atoms with Crippen molar-refractivity contribution in [1.29, 1.82) is 0 Å². The van der Waals surface area contributed by atoms with E-state index in [2.05, 4.69) is 0 Å². The van der Waals surface area contributed by atoms with E-state index in [9.17, 15) is 0 Å². The Labute approximate surface area is 89.7 Å². The summed E-state index contributed by atoms with van der Waals surface area (Å²) in [6, 6.07) is 5.39. The van der Waals surface area contributed by atoms with Crippen LogP contribution in [0, 0.1) is 0 Å². The summed E-state index contributed by atoms with van der Waals surface area (Å²) in [7, 11) is 3.19. The van der Waals surface area contributed by atoms with Crippen molar-refractivity contribution in [2.45, 2.75) is 6.92 Å². The molecule has 0 saturated heterocycles. The molecule has 15 heavy (non-hydrogen) atoms. The molecule has 1 aromatic carbocycles. The van der Waals surface area contributed by atoms with Crippen molar-refractivity contribution in [1.82, 2.24) is 0 Å². The lowest BCUT2D eigenvalue weighted by Gasteiger charge is -2.12. The molecule has 0 aromatic heterocycles. The van der Waals surface area contributed by atoms with Gasteiger partial charge in [-0.2, -0.15) is 0 Å². The second-order valence-corrected chi connectivity index (χ2v) is 2.80. The van der Waals surface area contributed by atoms with E-state index < -0.39 is 0 Å². The van der Waals surface area contributed by atoms with Gasteiger partial charge in [-0.15, -0.1) is 0 Å². The Hall–Kier alpha value is -1.42. The lowest BCUT2D eigenvalue weighted by atomic mass is 10.3. The van der Waals surface area contributed by atoms with Crippen LogP contribution in [-0.2, 0) is 4.74 Å². The van der Waals surface area contributed by atoms with Crippen molar-refractivity contribution in [3.63, 3.8) is 0 Å². The third kappa shape index (κ3) is 3.32. The largest absolute Gasteiger partial charge is 0.497 e. The highest BCUT2D eigenvalue weighted by molar-refractivity contribution is 5.45. The summed E-state index contributed by atoms with van der Waals surface area (Å²) in [6.45, 7) is 2.70. The highest BCUT2D eigenvalue weighted by Crippen LogP contribution is 2.31. The highest BCUT2D eigenvalue weighted by atomic mass is 16.7. The zero-order valence-electron chi connectivity index (χ0n) is 9.28. The molecule has 0 bridgehead atoms. The van der Waals surface area contributed by atoms with Gasteiger partial charge >= 0.3 is 0 Å². The zero-order valence-corrected chi connectivity index (χ0v) is 9.28. The Morgan fingerprint density at radius 3 is 2.47 bits per heavy atom. The molecule has 1 aromatic rings. The summed E-state index contributed by atoms with van der Waals surface area (Å²) in [6.07, 6.45) is 0. The lowest BCUT2D eigenvalue weighted by Crippen LogP contribution is -2.02. The van der Waals surface area contributed by atoms with Crippen molar-refractivity contribution in [3.8, 4) is 17.2 Å². The van der Waals surface area contributed by atoms with Crippen LogP contribution in [0.25, 0.3) is 0 Å². The predicted molar refractivity (Wildman–Crippen MR) is 56.7 cm³/mol. The molecule has 0 N–H and O–H groups in total. The molecule has 0 aliphatic rings. The molecule has 0 unspecified atom stereocenters. The van der Waals surface area contributed by atoms with Gasteiger partial charge in [0.2, 0.25) is 0 Å². The Balaban J connectivity index is 2.82. The summed E-state index contributed by atoms with van der Waals surface area (Å²) in [5, 5.41) is 0. The summed E-state index contributed by atoms with van der Waals surface area (Å²) in [5.74, 6) is 2.05. The molecular formula is C11H16O4. The minimum atomic E-state index is 0.201. The molecule has 0 aliphatic heterocycles. The van der Waals surface area contributed by atoms with Gasteiger partial charge in [-0.25, -0.2) is 0 Å². The van der Waals surface area contributed by atoms with Gasteiger partial charge in [0.15, 0.2) is 18.3 Å². The monoisotopic (exact) mass is 212 g/mol. The third-order valence-electron chi connectivity index (χ3n) is 1.78. The molecule has 1 rings (SSSR count). The first kappa shape index (κ1) is 11.7. The first-order chi connectivity index (χ1) is 7.31. The molecule has 0 atom stereocenters. The highest BCUT2D eigenvalue weighted by Gasteiger charge is 2.06. The van der Waals surface area contributed by atoms with Crippen LogP contribution in [0.5, 0.6) is 17.2 Å². The summed E-state index contributed by atoms with van der Waals surface area (Å²) >= 11 is 0. The van der Waals surface area contributed by atoms with Gasteiger partial charge in [0, 0.05) is 13.2 Å². The molecule has 0 radical (unpaired) electrons. The van der Waals surface area contributed by atoms with E-state index in [1.54, 1.807) is 26.4 Å². The molecule has 0 saturated carbocycles. The number of benzene rings is 1. The molecule has 0 fully saturated rings. The standard InChI is InChI=1S/C11H16O4/c1-4-14-11-7-9(13-3)5-6-10(11)15-8-12-2/h5-7H,4,8H2,1-3H3. The Morgan fingerprint density at radius 2 is 1.87 bits per heavy atom. The van der Waals surface area contributed by atoms with Crippen LogP contribution >= 0.6 is 0 Å². The van der Waals surface area contributed by atoms with Gasteiger partial charge in [-0.05, 0) is 19.1 Å². The molecule has 0 spiro atoms. The van der Waals surface area contributed by atoms with Crippen molar-refractivity contribution in [3.05, 3.63) is 18.2 Å². The Kier molecular flexibility index (Phi) is 4.77. The van der Waals surface area contributed by atoms with Crippen LogP contribution in [0.15, 0.2) is 18.2 Å². The minimum Gasteiger partial charge on any atom is -0.497 e. The summed E-state index contributed by atoms with van der Waals surface area (Å²) < 4.78 is 20.7. The predicted octanol–water partition coefficient (Wildman–Crippen LogP) is 2.08. The minimum absolute atomic E-state index is 0.201. The smallest absolute Gasteiger partial charge is 0.188 e. The zero-order chi connectivity index (χ0) is 11.1. The third-order valence-corrected chi connectivity index (χ3v) is 1.78. The second kappa shape index (κ2) is 6.14. The number of hydrogen-bond donors (Lipinski definition) is 0. The normalized spacial score (nSPS) is 9.80.